The number of ether oxygens (including phenoxy) is 1. The van der Waals surface area contributed by atoms with Crippen LogP contribution in [0.1, 0.15) is 22.3 Å². The Kier molecular flexibility index (Phi) is 4.71. The molecule has 134 valence electrons. The van der Waals surface area contributed by atoms with Crippen molar-refractivity contribution in [1.29, 1.82) is 0 Å². The van der Waals surface area contributed by atoms with Crippen LogP contribution >= 0.6 is 0 Å². The summed E-state index contributed by atoms with van der Waals surface area (Å²) in [5, 5.41) is 12.3. The number of nitrogens with zero attached hydrogens (tertiary/aromatic N) is 1. The molecule has 0 aliphatic carbocycles. The molecule has 0 bridgehead atoms. The normalized spacial score (nSPS) is 19.4. The van der Waals surface area contributed by atoms with Crippen LogP contribution in [0.4, 0.5) is 0 Å². The van der Waals surface area contributed by atoms with Crippen molar-refractivity contribution in [2.75, 3.05) is 25.7 Å². The van der Waals surface area contributed by atoms with Crippen molar-refractivity contribution < 1.29 is 23.1 Å². The third kappa shape index (κ3) is 3.48. The number of esters is 1. The molecule has 0 radical (unpaired) electrons. The van der Waals surface area contributed by atoms with E-state index in [4.69, 9.17) is 4.74 Å². The van der Waals surface area contributed by atoms with Gasteiger partial charge in [-0.3, -0.25) is 4.90 Å². The number of benzene rings is 2. The van der Waals surface area contributed by atoms with Crippen molar-refractivity contribution in [2.45, 2.75) is 19.0 Å². The molecule has 0 aromatic heterocycles. The van der Waals surface area contributed by atoms with E-state index in [9.17, 15) is 18.3 Å². The van der Waals surface area contributed by atoms with Crippen LogP contribution in [0.3, 0.4) is 0 Å². The maximum Gasteiger partial charge on any atom is 0.341 e. The first-order valence-electron chi connectivity index (χ1n) is 8.05. The first-order valence-corrected chi connectivity index (χ1v) is 9.87. The topological polar surface area (TPSA) is 83.9 Å². The van der Waals surface area contributed by atoms with Crippen molar-refractivity contribution in [3.8, 4) is 5.75 Å². The lowest BCUT2D eigenvalue weighted by Gasteiger charge is -2.24. The van der Waals surface area contributed by atoms with E-state index < -0.39 is 15.8 Å². The van der Waals surface area contributed by atoms with Crippen LogP contribution in [-0.2, 0) is 21.1 Å². The van der Waals surface area contributed by atoms with Crippen LogP contribution in [0, 0.1) is 0 Å². The highest BCUT2D eigenvalue weighted by molar-refractivity contribution is 7.91. The summed E-state index contributed by atoms with van der Waals surface area (Å²) in [5.41, 5.74) is 0.717. The Hall–Kier alpha value is -2.12. The fraction of sp³-hybridized carbons (Fsp3) is 0.389. The first kappa shape index (κ1) is 17.7. The molecule has 1 saturated heterocycles. The highest BCUT2D eigenvalue weighted by Gasteiger charge is 2.31. The first-order chi connectivity index (χ1) is 11.8. The summed E-state index contributed by atoms with van der Waals surface area (Å²) in [5.74, 6) is -0.399. The highest BCUT2D eigenvalue weighted by atomic mass is 32.2. The summed E-state index contributed by atoms with van der Waals surface area (Å²) in [7, 11) is 0.119. The molecule has 1 unspecified atom stereocenters. The van der Waals surface area contributed by atoms with Gasteiger partial charge in [0.2, 0.25) is 0 Å². The van der Waals surface area contributed by atoms with E-state index in [0.29, 0.717) is 18.5 Å². The van der Waals surface area contributed by atoms with Crippen molar-refractivity contribution in [1.82, 2.24) is 4.90 Å². The predicted octanol–water partition coefficient (Wildman–Crippen LogP) is 1.95. The zero-order valence-corrected chi connectivity index (χ0v) is 15.0. The minimum atomic E-state index is -2.99. The van der Waals surface area contributed by atoms with Gasteiger partial charge in [-0.15, -0.1) is 0 Å². The number of carbonyl (C=O) groups excluding carboxylic acids is 1. The fourth-order valence-corrected chi connectivity index (χ4v) is 5.14. The van der Waals surface area contributed by atoms with Gasteiger partial charge in [-0.25, -0.2) is 13.2 Å². The molecule has 1 aliphatic rings. The van der Waals surface area contributed by atoms with Gasteiger partial charge in [-0.2, -0.15) is 0 Å². The van der Waals surface area contributed by atoms with Gasteiger partial charge in [0.25, 0.3) is 0 Å². The maximum atomic E-state index is 12.0. The molecule has 2 aromatic rings. The van der Waals surface area contributed by atoms with Gasteiger partial charge in [-0.05, 0) is 30.3 Å². The molecule has 2 aromatic carbocycles. The molecule has 1 fully saturated rings. The second-order valence-electron chi connectivity index (χ2n) is 6.44. The molecule has 3 rings (SSSR count). The van der Waals surface area contributed by atoms with Crippen LogP contribution in [0.25, 0.3) is 10.8 Å². The predicted molar refractivity (Wildman–Crippen MR) is 95.5 cm³/mol. The number of fused-ring (bicyclic) bond motifs is 1. The van der Waals surface area contributed by atoms with E-state index in [-0.39, 0.29) is 28.9 Å². The highest BCUT2D eigenvalue weighted by Crippen LogP contribution is 2.33. The number of sulfone groups is 1. The second-order valence-corrected chi connectivity index (χ2v) is 8.66. The van der Waals surface area contributed by atoms with E-state index in [1.807, 2.05) is 36.2 Å². The standard InChI is InChI=1S/C18H21NO5S/c1-19(13-7-8-25(22,23)11-13)10-16-14-6-4-3-5-12(14)9-15(17(16)20)18(21)24-2/h3-6,9,13,20H,7-8,10-11H2,1-2H3. The number of phenolic OH excluding ortho intramolecular Hbond substituents is 1. The van der Waals surface area contributed by atoms with E-state index in [2.05, 4.69) is 0 Å². The summed E-state index contributed by atoms with van der Waals surface area (Å²) in [6.45, 7) is 0.345. The maximum absolute atomic E-state index is 12.0. The minimum Gasteiger partial charge on any atom is -0.507 e. The zero-order chi connectivity index (χ0) is 18.2. The summed E-state index contributed by atoms with van der Waals surface area (Å²) in [6.07, 6.45) is 0.578. The monoisotopic (exact) mass is 363 g/mol. The van der Waals surface area contributed by atoms with E-state index >= 15 is 0 Å². The van der Waals surface area contributed by atoms with Gasteiger partial charge in [0.1, 0.15) is 11.3 Å². The molecular weight excluding hydrogens is 342 g/mol. The molecule has 6 nitrogen and oxygen atoms in total. The van der Waals surface area contributed by atoms with Crippen LogP contribution in [-0.4, -0.2) is 56.1 Å². The van der Waals surface area contributed by atoms with Gasteiger partial charge in [0.05, 0.1) is 18.6 Å². The number of carbonyl (C=O) groups is 1. The van der Waals surface area contributed by atoms with E-state index in [0.717, 1.165) is 10.8 Å². The molecule has 25 heavy (non-hydrogen) atoms. The molecule has 0 amide bonds. The Morgan fingerprint density at radius 2 is 2.08 bits per heavy atom. The number of aromatic hydroxyl groups is 1. The van der Waals surface area contributed by atoms with Gasteiger partial charge in [-0.1, -0.05) is 24.3 Å². The SMILES string of the molecule is COC(=O)c1cc2ccccc2c(CN(C)C2CCS(=O)(=O)C2)c1O. The molecule has 7 heteroatoms. The average molecular weight is 363 g/mol. The Labute approximate surface area is 146 Å². The second kappa shape index (κ2) is 6.65. The Morgan fingerprint density at radius 3 is 2.72 bits per heavy atom. The quantitative estimate of drug-likeness (QED) is 0.836. The largest absolute Gasteiger partial charge is 0.507 e. The molecule has 1 N–H and O–H groups in total. The van der Waals surface area contributed by atoms with Gasteiger partial charge in [0, 0.05) is 18.2 Å². The van der Waals surface area contributed by atoms with Gasteiger partial charge in [0.15, 0.2) is 9.84 Å². The smallest absolute Gasteiger partial charge is 0.341 e. The summed E-state index contributed by atoms with van der Waals surface area (Å²) in [4.78, 5) is 13.9. The average Bonchev–Trinajstić information content (AvgIpc) is 2.96. The fourth-order valence-electron chi connectivity index (χ4n) is 3.34. The summed E-state index contributed by atoms with van der Waals surface area (Å²) < 4.78 is 28.2. The number of methoxy groups -OCH3 is 1. The number of phenols is 1. The van der Waals surface area contributed by atoms with Crippen molar-refractivity contribution >= 4 is 26.6 Å². The van der Waals surface area contributed by atoms with Crippen LogP contribution in [0.15, 0.2) is 30.3 Å². The summed E-state index contributed by atoms with van der Waals surface area (Å²) >= 11 is 0. The Bertz CT molecular complexity index is 922. The lowest BCUT2D eigenvalue weighted by molar-refractivity contribution is 0.0597. The zero-order valence-electron chi connectivity index (χ0n) is 14.2. The van der Waals surface area contributed by atoms with Crippen LogP contribution < -0.4 is 0 Å². The van der Waals surface area contributed by atoms with Gasteiger partial charge < -0.3 is 9.84 Å². The van der Waals surface area contributed by atoms with Crippen molar-refractivity contribution in [2.24, 2.45) is 0 Å². The molecule has 0 spiro atoms. The molecular formula is C18H21NO5S. The third-order valence-electron chi connectivity index (χ3n) is 4.77. The number of hydrogen-bond donors (Lipinski definition) is 1. The molecule has 1 heterocycles. The lowest BCUT2D eigenvalue weighted by Crippen LogP contribution is -2.32. The van der Waals surface area contributed by atoms with E-state index in [1.54, 1.807) is 6.07 Å². The van der Waals surface area contributed by atoms with Crippen LogP contribution in [0.2, 0.25) is 0 Å². The molecule has 1 aliphatic heterocycles. The van der Waals surface area contributed by atoms with Gasteiger partial charge >= 0.3 is 5.97 Å². The van der Waals surface area contributed by atoms with Crippen molar-refractivity contribution in [3.63, 3.8) is 0 Å². The molecule has 1 atom stereocenters. The Balaban J connectivity index is 2.02. The number of hydrogen-bond acceptors (Lipinski definition) is 6. The summed E-state index contributed by atoms with van der Waals surface area (Å²) in [6, 6.07) is 8.99. The third-order valence-corrected chi connectivity index (χ3v) is 6.52. The lowest BCUT2D eigenvalue weighted by atomic mass is 9.98. The molecule has 0 saturated carbocycles. The number of rotatable bonds is 4. The van der Waals surface area contributed by atoms with Crippen molar-refractivity contribution in [3.05, 3.63) is 41.5 Å². The van der Waals surface area contributed by atoms with E-state index in [1.165, 1.54) is 7.11 Å². The Morgan fingerprint density at radius 1 is 1.36 bits per heavy atom. The minimum absolute atomic E-state index is 0.0926. The van der Waals surface area contributed by atoms with Crippen LogP contribution in [0.5, 0.6) is 5.75 Å².